The summed E-state index contributed by atoms with van der Waals surface area (Å²) in [5.41, 5.74) is 4.54. The van der Waals surface area contributed by atoms with Crippen LogP contribution >= 0.6 is 0 Å². The Morgan fingerprint density at radius 3 is 2.50 bits per heavy atom. The van der Waals surface area contributed by atoms with Crippen molar-refractivity contribution in [1.82, 2.24) is 5.32 Å². The zero-order valence-electron chi connectivity index (χ0n) is 12.0. The molecule has 2 aromatic carbocycles. The van der Waals surface area contributed by atoms with Gasteiger partial charge >= 0.3 is 0 Å². The van der Waals surface area contributed by atoms with Gasteiger partial charge < -0.3 is 5.32 Å². The Morgan fingerprint density at radius 1 is 0.900 bits per heavy atom. The molecule has 0 radical (unpaired) electrons. The third-order valence-corrected chi connectivity index (χ3v) is 4.26. The van der Waals surface area contributed by atoms with Crippen molar-refractivity contribution in [2.45, 2.75) is 38.1 Å². The summed E-state index contributed by atoms with van der Waals surface area (Å²) in [7, 11) is 0. The summed E-state index contributed by atoms with van der Waals surface area (Å²) in [6, 6.07) is 20.3. The fraction of sp³-hybridized carbons (Fsp3) is 0.368. The molecule has 1 heteroatoms. The maximum Gasteiger partial charge on any atom is 0.0111 e. The minimum absolute atomic E-state index is 0.667. The molecule has 1 atom stereocenters. The molecule has 0 spiro atoms. The minimum atomic E-state index is 0.667. The third-order valence-electron chi connectivity index (χ3n) is 4.26. The third kappa shape index (κ3) is 3.49. The van der Waals surface area contributed by atoms with E-state index in [1.807, 2.05) is 0 Å². The lowest BCUT2D eigenvalue weighted by molar-refractivity contribution is 0.454. The van der Waals surface area contributed by atoms with Crippen molar-refractivity contribution in [3.63, 3.8) is 0 Å². The molecule has 0 aliphatic heterocycles. The molecule has 1 aliphatic rings. The number of rotatable bonds is 5. The van der Waals surface area contributed by atoms with E-state index in [2.05, 4.69) is 59.9 Å². The second kappa shape index (κ2) is 6.71. The van der Waals surface area contributed by atoms with Gasteiger partial charge in [-0.15, -0.1) is 0 Å². The van der Waals surface area contributed by atoms with Crippen molar-refractivity contribution in [3.05, 3.63) is 71.3 Å². The predicted octanol–water partition coefficient (Wildman–Crippen LogP) is 3.77. The van der Waals surface area contributed by atoms with Crippen molar-refractivity contribution in [2.24, 2.45) is 0 Å². The van der Waals surface area contributed by atoms with E-state index in [1.54, 1.807) is 11.1 Å². The second-order valence-electron chi connectivity index (χ2n) is 5.75. The van der Waals surface area contributed by atoms with Gasteiger partial charge in [-0.05, 0) is 55.3 Å². The maximum absolute atomic E-state index is 3.73. The zero-order chi connectivity index (χ0) is 13.6. The normalized spacial score (nSPS) is 17.7. The van der Waals surface area contributed by atoms with Gasteiger partial charge in [0.2, 0.25) is 0 Å². The van der Waals surface area contributed by atoms with Crippen molar-refractivity contribution in [2.75, 3.05) is 6.54 Å². The van der Waals surface area contributed by atoms with Gasteiger partial charge in [0.1, 0.15) is 0 Å². The molecule has 2 aromatic rings. The lowest BCUT2D eigenvalue weighted by Crippen LogP contribution is -2.35. The van der Waals surface area contributed by atoms with Crippen LogP contribution in [0, 0.1) is 0 Å². The Hall–Kier alpha value is -1.60. The smallest absolute Gasteiger partial charge is 0.0111 e. The molecular formula is C19H23N. The SMILES string of the molecule is c1ccc(CCCN[C@@H]2CCc3ccccc3C2)cc1. The van der Waals surface area contributed by atoms with Crippen LogP contribution in [0.5, 0.6) is 0 Å². The van der Waals surface area contributed by atoms with Gasteiger partial charge in [0.25, 0.3) is 0 Å². The minimum Gasteiger partial charge on any atom is -0.314 e. The number of hydrogen-bond donors (Lipinski definition) is 1. The highest BCUT2D eigenvalue weighted by Crippen LogP contribution is 2.20. The van der Waals surface area contributed by atoms with Gasteiger partial charge in [-0.25, -0.2) is 0 Å². The van der Waals surface area contributed by atoms with Crippen molar-refractivity contribution in [3.8, 4) is 0 Å². The van der Waals surface area contributed by atoms with Crippen LogP contribution in [0.2, 0.25) is 0 Å². The van der Waals surface area contributed by atoms with Gasteiger partial charge in [-0.3, -0.25) is 0 Å². The molecule has 3 rings (SSSR count). The maximum atomic E-state index is 3.73. The van der Waals surface area contributed by atoms with E-state index in [0.717, 1.165) is 6.54 Å². The molecule has 20 heavy (non-hydrogen) atoms. The molecule has 1 N–H and O–H groups in total. The molecular weight excluding hydrogens is 242 g/mol. The van der Waals surface area contributed by atoms with Crippen LogP contribution in [0.15, 0.2) is 54.6 Å². The van der Waals surface area contributed by atoms with E-state index in [-0.39, 0.29) is 0 Å². The standard InChI is InChI=1S/C19H23N/c1-2-7-16(8-3-1)9-6-14-20-19-13-12-17-10-4-5-11-18(17)15-19/h1-5,7-8,10-11,19-20H,6,9,12-15H2/t19-/m1/s1. The lowest BCUT2D eigenvalue weighted by Gasteiger charge is -2.25. The number of nitrogens with one attached hydrogen (secondary N) is 1. The Kier molecular flexibility index (Phi) is 4.49. The topological polar surface area (TPSA) is 12.0 Å². The summed E-state index contributed by atoms with van der Waals surface area (Å²) in [6.07, 6.45) is 6.11. The molecule has 104 valence electrons. The summed E-state index contributed by atoms with van der Waals surface area (Å²) in [4.78, 5) is 0. The highest BCUT2D eigenvalue weighted by Gasteiger charge is 2.16. The van der Waals surface area contributed by atoms with Crippen LogP contribution in [0.3, 0.4) is 0 Å². The summed E-state index contributed by atoms with van der Waals surface area (Å²) in [5, 5.41) is 3.73. The van der Waals surface area contributed by atoms with Gasteiger partial charge in [0, 0.05) is 6.04 Å². The van der Waals surface area contributed by atoms with Crippen LogP contribution in [-0.4, -0.2) is 12.6 Å². The van der Waals surface area contributed by atoms with Gasteiger partial charge in [0.15, 0.2) is 0 Å². The first-order valence-corrected chi connectivity index (χ1v) is 7.76. The number of hydrogen-bond acceptors (Lipinski definition) is 1. The van der Waals surface area contributed by atoms with Crippen molar-refractivity contribution in [1.29, 1.82) is 0 Å². The average molecular weight is 265 g/mol. The summed E-state index contributed by atoms with van der Waals surface area (Å²) >= 11 is 0. The van der Waals surface area contributed by atoms with E-state index in [9.17, 15) is 0 Å². The molecule has 0 amide bonds. The zero-order valence-corrected chi connectivity index (χ0v) is 12.0. The first kappa shape index (κ1) is 13.4. The average Bonchev–Trinajstić information content (AvgIpc) is 2.52. The molecule has 0 saturated carbocycles. The summed E-state index contributed by atoms with van der Waals surface area (Å²) in [5.74, 6) is 0. The molecule has 0 heterocycles. The molecule has 0 bridgehead atoms. The van der Waals surface area contributed by atoms with E-state index in [0.29, 0.717) is 6.04 Å². The van der Waals surface area contributed by atoms with Crippen molar-refractivity contribution < 1.29 is 0 Å². The van der Waals surface area contributed by atoms with Crippen LogP contribution in [0.1, 0.15) is 29.5 Å². The fourth-order valence-corrected chi connectivity index (χ4v) is 3.12. The van der Waals surface area contributed by atoms with Crippen LogP contribution in [-0.2, 0) is 19.3 Å². The molecule has 0 aromatic heterocycles. The number of benzene rings is 2. The quantitative estimate of drug-likeness (QED) is 0.812. The van der Waals surface area contributed by atoms with Gasteiger partial charge in [-0.2, -0.15) is 0 Å². The lowest BCUT2D eigenvalue weighted by atomic mass is 9.88. The Balaban J connectivity index is 1.42. The largest absolute Gasteiger partial charge is 0.314 e. The van der Waals surface area contributed by atoms with Gasteiger partial charge in [-0.1, -0.05) is 54.6 Å². The predicted molar refractivity (Wildman–Crippen MR) is 85.0 cm³/mol. The molecule has 1 nitrogen and oxygen atoms in total. The number of aryl methyl sites for hydroxylation is 2. The number of fused-ring (bicyclic) bond motifs is 1. The van der Waals surface area contributed by atoms with Crippen LogP contribution < -0.4 is 5.32 Å². The van der Waals surface area contributed by atoms with E-state index in [1.165, 1.54) is 37.7 Å². The Morgan fingerprint density at radius 2 is 1.65 bits per heavy atom. The van der Waals surface area contributed by atoms with E-state index >= 15 is 0 Å². The highest BCUT2D eigenvalue weighted by atomic mass is 14.9. The van der Waals surface area contributed by atoms with Crippen molar-refractivity contribution >= 4 is 0 Å². The fourth-order valence-electron chi connectivity index (χ4n) is 3.12. The van der Waals surface area contributed by atoms with E-state index < -0.39 is 0 Å². The molecule has 1 aliphatic carbocycles. The summed E-state index contributed by atoms with van der Waals surface area (Å²) in [6.45, 7) is 1.13. The first-order valence-electron chi connectivity index (χ1n) is 7.76. The van der Waals surface area contributed by atoms with Gasteiger partial charge in [0.05, 0.1) is 0 Å². The van der Waals surface area contributed by atoms with E-state index in [4.69, 9.17) is 0 Å². The second-order valence-corrected chi connectivity index (χ2v) is 5.75. The molecule has 0 saturated heterocycles. The molecule has 0 unspecified atom stereocenters. The molecule has 0 fully saturated rings. The Bertz CT molecular complexity index is 532. The van der Waals surface area contributed by atoms with Crippen LogP contribution in [0.25, 0.3) is 0 Å². The first-order chi connectivity index (χ1) is 9.92. The summed E-state index contributed by atoms with van der Waals surface area (Å²) < 4.78 is 0. The highest BCUT2D eigenvalue weighted by molar-refractivity contribution is 5.30. The Labute approximate surface area is 122 Å². The van der Waals surface area contributed by atoms with Crippen LogP contribution in [0.4, 0.5) is 0 Å². The monoisotopic (exact) mass is 265 g/mol.